The molecule has 1 fully saturated rings. The predicted molar refractivity (Wildman–Crippen MR) is 100 cm³/mol. The Balaban J connectivity index is 1.70. The number of nitrogens with zero attached hydrogens (tertiary/aromatic N) is 2. The van der Waals surface area contributed by atoms with Crippen LogP contribution in [0.1, 0.15) is 10.4 Å². The molecule has 5 nitrogen and oxygen atoms in total. The van der Waals surface area contributed by atoms with Crippen molar-refractivity contribution < 1.29 is 13.2 Å². The van der Waals surface area contributed by atoms with Crippen LogP contribution in [-0.4, -0.2) is 49.7 Å². The maximum absolute atomic E-state index is 12.7. The molecule has 132 valence electrons. The molecule has 1 aliphatic rings. The molecule has 1 amide bonds. The summed E-state index contributed by atoms with van der Waals surface area (Å²) in [4.78, 5) is 14.5. The first-order valence-corrected chi connectivity index (χ1v) is 10.3. The minimum atomic E-state index is -3.57. The van der Waals surface area contributed by atoms with Crippen LogP contribution in [0.3, 0.4) is 0 Å². The van der Waals surface area contributed by atoms with Crippen LogP contribution in [0.5, 0.6) is 0 Å². The number of amides is 1. The van der Waals surface area contributed by atoms with Crippen molar-refractivity contribution in [3.05, 3.63) is 63.6 Å². The molecule has 0 radical (unpaired) electrons. The smallest absolute Gasteiger partial charge is 0.255 e. The van der Waals surface area contributed by atoms with Gasteiger partial charge in [0.05, 0.1) is 10.5 Å². The van der Waals surface area contributed by atoms with Crippen molar-refractivity contribution in [1.29, 1.82) is 0 Å². The van der Waals surface area contributed by atoms with Gasteiger partial charge in [-0.15, -0.1) is 0 Å². The number of hydrogen-bond donors (Lipinski definition) is 0. The van der Waals surface area contributed by atoms with Gasteiger partial charge in [0, 0.05) is 35.7 Å². The molecule has 25 heavy (non-hydrogen) atoms. The van der Waals surface area contributed by atoms with Gasteiger partial charge in [0.15, 0.2) is 0 Å². The van der Waals surface area contributed by atoms with E-state index in [1.54, 1.807) is 29.2 Å². The molecule has 3 rings (SSSR count). The molecular weight excluding hydrogens is 428 g/mol. The Hall–Kier alpha value is -1.41. The second-order valence-corrected chi connectivity index (χ2v) is 8.86. The maximum atomic E-state index is 12.7. The molecule has 2 aromatic carbocycles. The molecule has 0 unspecified atom stereocenters. The Morgan fingerprint density at radius 3 is 2.16 bits per heavy atom. The van der Waals surface area contributed by atoms with Crippen LogP contribution in [0.2, 0.25) is 5.02 Å². The van der Waals surface area contributed by atoms with E-state index in [4.69, 9.17) is 11.6 Å². The van der Waals surface area contributed by atoms with Crippen LogP contribution in [0, 0.1) is 0 Å². The van der Waals surface area contributed by atoms with Crippen LogP contribution in [0.15, 0.2) is 57.9 Å². The quantitative estimate of drug-likeness (QED) is 0.732. The number of carbonyl (C=O) groups excluding carboxylic acids is 1. The Morgan fingerprint density at radius 2 is 1.56 bits per heavy atom. The van der Waals surface area contributed by atoms with Gasteiger partial charge in [0.1, 0.15) is 0 Å². The van der Waals surface area contributed by atoms with Crippen LogP contribution < -0.4 is 0 Å². The second-order valence-electron chi connectivity index (χ2n) is 5.63. The lowest BCUT2D eigenvalue weighted by molar-refractivity contribution is 0.0697. The molecule has 0 spiro atoms. The van der Waals surface area contributed by atoms with Crippen LogP contribution in [0.4, 0.5) is 0 Å². The third kappa shape index (κ3) is 3.89. The molecule has 0 bridgehead atoms. The Kier molecular flexibility index (Phi) is 5.48. The molecule has 2 aromatic rings. The normalized spacial score (nSPS) is 16.0. The number of carbonyl (C=O) groups is 1. The topological polar surface area (TPSA) is 57.7 Å². The van der Waals surface area contributed by atoms with E-state index in [0.717, 1.165) is 4.47 Å². The standard InChI is InChI=1S/C17H16BrClN2O3S/c18-16-4-2-1-3-15(16)17(22)20-9-11-21(12-10-20)25(23,24)14-7-5-13(19)6-8-14/h1-8H,9-12H2. The van der Waals surface area contributed by atoms with Crippen molar-refractivity contribution in [3.8, 4) is 0 Å². The molecule has 1 aliphatic heterocycles. The highest BCUT2D eigenvalue weighted by Gasteiger charge is 2.30. The first kappa shape index (κ1) is 18.4. The summed E-state index contributed by atoms with van der Waals surface area (Å²) in [6.45, 7) is 1.24. The lowest BCUT2D eigenvalue weighted by Gasteiger charge is -2.34. The third-order valence-electron chi connectivity index (χ3n) is 4.08. The van der Waals surface area contributed by atoms with Gasteiger partial charge in [-0.3, -0.25) is 4.79 Å². The van der Waals surface area contributed by atoms with E-state index in [1.807, 2.05) is 12.1 Å². The summed E-state index contributed by atoms with van der Waals surface area (Å²) in [5.74, 6) is -0.101. The van der Waals surface area contributed by atoms with Gasteiger partial charge in [-0.2, -0.15) is 4.31 Å². The zero-order valence-electron chi connectivity index (χ0n) is 13.2. The fourth-order valence-corrected chi connectivity index (χ4v) is 4.69. The highest BCUT2D eigenvalue weighted by atomic mass is 79.9. The van der Waals surface area contributed by atoms with Crippen molar-refractivity contribution in [3.63, 3.8) is 0 Å². The van der Waals surface area contributed by atoms with E-state index >= 15 is 0 Å². The first-order valence-electron chi connectivity index (χ1n) is 7.69. The van der Waals surface area contributed by atoms with Crippen LogP contribution in [-0.2, 0) is 10.0 Å². The van der Waals surface area contributed by atoms with E-state index in [0.29, 0.717) is 23.7 Å². The third-order valence-corrected chi connectivity index (χ3v) is 6.94. The summed E-state index contributed by atoms with van der Waals surface area (Å²) < 4.78 is 27.5. The largest absolute Gasteiger partial charge is 0.336 e. The lowest BCUT2D eigenvalue weighted by Crippen LogP contribution is -2.50. The van der Waals surface area contributed by atoms with E-state index in [1.165, 1.54) is 16.4 Å². The molecule has 0 aromatic heterocycles. The number of piperazine rings is 1. The molecule has 0 N–H and O–H groups in total. The molecule has 0 aliphatic carbocycles. The minimum Gasteiger partial charge on any atom is -0.336 e. The second kappa shape index (κ2) is 7.45. The zero-order valence-corrected chi connectivity index (χ0v) is 16.4. The molecule has 8 heteroatoms. The number of halogens is 2. The number of rotatable bonds is 3. The van der Waals surface area contributed by atoms with Crippen molar-refractivity contribution in [2.75, 3.05) is 26.2 Å². The Bertz CT molecular complexity index is 879. The zero-order chi connectivity index (χ0) is 18.0. The Labute approximate surface area is 160 Å². The summed E-state index contributed by atoms with van der Waals surface area (Å²) >= 11 is 9.19. The molecule has 1 saturated heterocycles. The Morgan fingerprint density at radius 1 is 0.960 bits per heavy atom. The minimum absolute atomic E-state index is 0.101. The van der Waals surface area contributed by atoms with Gasteiger partial charge in [-0.25, -0.2) is 8.42 Å². The van der Waals surface area contributed by atoms with Gasteiger partial charge < -0.3 is 4.90 Å². The van der Waals surface area contributed by atoms with Crippen molar-refractivity contribution in [2.24, 2.45) is 0 Å². The van der Waals surface area contributed by atoms with Crippen molar-refractivity contribution in [2.45, 2.75) is 4.90 Å². The first-order chi connectivity index (χ1) is 11.9. The number of sulfonamides is 1. The van der Waals surface area contributed by atoms with Gasteiger partial charge in [0.2, 0.25) is 10.0 Å². The average molecular weight is 444 g/mol. The van der Waals surface area contributed by atoms with Crippen molar-refractivity contribution >= 4 is 43.5 Å². The molecule has 0 saturated carbocycles. The summed E-state index contributed by atoms with van der Waals surface area (Å²) in [6.07, 6.45) is 0. The molecule has 0 atom stereocenters. The van der Waals surface area contributed by atoms with Gasteiger partial charge >= 0.3 is 0 Å². The maximum Gasteiger partial charge on any atom is 0.255 e. The van der Waals surface area contributed by atoms with Crippen LogP contribution >= 0.6 is 27.5 Å². The molecule has 1 heterocycles. The number of hydrogen-bond acceptors (Lipinski definition) is 3. The summed E-state index contributed by atoms with van der Waals surface area (Å²) in [7, 11) is -3.57. The fourth-order valence-electron chi connectivity index (χ4n) is 2.69. The highest BCUT2D eigenvalue weighted by molar-refractivity contribution is 9.10. The SMILES string of the molecule is O=C(c1ccccc1Br)N1CCN(S(=O)(=O)c2ccc(Cl)cc2)CC1. The highest BCUT2D eigenvalue weighted by Crippen LogP contribution is 2.22. The van der Waals surface area contributed by atoms with Gasteiger partial charge in [-0.05, 0) is 52.3 Å². The van der Waals surface area contributed by atoms with Gasteiger partial charge in [-0.1, -0.05) is 23.7 Å². The van der Waals surface area contributed by atoms with Gasteiger partial charge in [0.25, 0.3) is 5.91 Å². The number of benzene rings is 2. The lowest BCUT2D eigenvalue weighted by atomic mass is 10.2. The van der Waals surface area contributed by atoms with Crippen molar-refractivity contribution in [1.82, 2.24) is 9.21 Å². The fraction of sp³-hybridized carbons (Fsp3) is 0.235. The monoisotopic (exact) mass is 442 g/mol. The van der Waals surface area contributed by atoms with E-state index in [9.17, 15) is 13.2 Å². The van der Waals surface area contributed by atoms with Crippen LogP contribution in [0.25, 0.3) is 0 Å². The van der Waals surface area contributed by atoms with E-state index in [-0.39, 0.29) is 23.9 Å². The predicted octanol–water partition coefficient (Wildman–Crippen LogP) is 3.25. The van der Waals surface area contributed by atoms with E-state index < -0.39 is 10.0 Å². The van der Waals surface area contributed by atoms with E-state index in [2.05, 4.69) is 15.9 Å². The summed E-state index contributed by atoms with van der Waals surface area (Å²) in [5, 5.41) is 0.489. The molecular formula is C17H16BrClN2O3S. The summed E-state index contributed by atoms with van der Waals surface area (Å²) in [5.41, 5.74) is 0.580. The average Bonchev–Trinajstić information content (AvgIpc) is 2.62. The summed E-state index contributed by atoms with van der Waals surface area (Å²) in [6, 6.07) is 13.3.